The molecule has 7 aromatic rings. The van der Waals surface area contributed by atoms with Crippen LogP contribution in [0.1, 0.15) is 22.3 Å². The Balaban J connectivity index is 1.49. The molecule has 3 aromatic heterocycles. The van der Waals surface area contributed by atoms with Gasteiger partial charge in [-0.25, -0.2) is 4.98 Å². The first-order chi connectivity index (χ1) is 20.4. The van der Waals surface area contributed by atoms with Crippen molar-refractivity contribution in [2.75, 3.05) is 0 Å². The topological polar surface area (TPSA) is 30.2 Å². The van der Waals surface area contributed by atoms with E-state index in [0.717, 1.165) is 39.4 Å². The van der Waals surface area contributed by atoms with E-state index in [1.807, 2.05) is 36.5 Å². The number of fused-ring (bicyclic) bond motifs is 1. The zero-order valence-corrected chi connectivity index (χ0v) is 22.4. The maximum atomic E-state index is 5.15. The third-order valence-electron chi connectivity index (χ3n) is 7.30. The molecular formula is C38H27N3. The molecule has 41 heavy (non-hydrogen) atoms. The van der Waals surface area contributed by atoms with Crippen molar-refractivity contribution in [3.63, 3.8) is 0 Å². The Morgan fingerprint density at radius 3 is 1.66 bits per heavy atom. The number of aromatic nitrogens is 3. The van der Waals surface area contributed by atoms with E-state index in [1.165, 1.54) is 22.3 Å². The molecule has 0 spiro atoms. The zero-order valence-electron chi connectivity index (χ0n) is 22.4. The highest BCUT2D eigenvalue weighted by Crippen LogP contribution is 2.38. The second-order valence-corrected chi connectivity index (χ2v) is 9.88. The molecule has 0 N–H and O–H groups in total. The van der Waals surface area contributed by atoms with Gasteiger partial charge in [-0.3, -0.25) is 9.38 Å². The first-order valence-corrected chi connectivity index (χ1v) is 13.8. The lowest BCUT2D eigenvalue weighted by Crippen LogP contribution is -1.98. The Morgan fingerprint density at radius 1 is 0.488 bits per heavy atom. The molecule has 0 aliphatic heterocycles. The van der Waals surface area contributed by atoms with Crippen LogP contribution in [-0.4, -0.2) is 14.4 Å². The van der Waals surface area contributed by atoms with Crippen LogP contribution in [0.4, 0.5) is 0 Å². The van der Waals surface area contributed by atoms with E-state index >= 15 is 0 Å². The number of hydrogen-bond acceptors (Lipinski definition) is 2. The van der Waals surface area contributed by atoms with Gasteiger partial charge in [-0.2, -0.15) is 0 Å². The summed E-state index contributed by atoms with van der Waals surface area (Å²) >= 11 is 0. The lowest BCUT2D eigenvalue weighted by molar-refractivity contribution is 1.16. The summed E-state index contributed by atoms with van der Waals surface area (Å²) in [7, 11) is 0. The predicted molar refractivity (Wildman–Crippen MR) is 168 cm³/mol. The van der Waals surface area contributed by atoms with Gasteiger partial charge in [0.15, 0.2) is 0 Å². The monoisotopic (exact) mass is 525 g/mol. The van der Waals surface area contributed by atoms with Crippen molar-refractivity contribution in [2.24, 2.45) is 0 Å². The van der Waals surface area contributed by atoms with Gasteiger partial charge in [-0.1, -0.05) is 121 Å². The molecule has 194 valence electrons. The number of nitrogens with zero attached hydrogens (tertiary/aromatic N) is 3. The van der Waals surface area contributed by atoms with E-state index < -0.39 is 0 Å². The van der Waals surface area contributed by atoms with Gasteiger partial charge in [-0.15, -0.1) is 0 Å². The van der Waals surface area contributed by atoms with Crippen molar-refractivity contribution >= 4 is 16.7 Å². The Morgan fingerprint density at radius 2 is 1.05 bits per heavy atom. The van der Waals surface area contributed by atoms with E-state index in [4.69, 9.17) is 4.98 Å². The van der Waals surface area contributed by atoms with Crippen molar-refractivity contribution in [1.82, 2.24) is 14.4 Å². The van der Waals surface area contributed by atoms with Crippen molar-refractivity contribution in [3.8, 4) is 22.8 Å². The zero-order chi connectivity index (χ0) is 27.4. The summed E-state index contributed by atoms with van der Waals surface area (Å²) in [4.78, 5) is 9.75. The van der Waals surface area contributed by atoms with Gasteiger partial charge in [-0.05, 0) is 63.7 Å². The molecule has 0 saturated carbocycles. The first kappa shape index (κ1) is 24.5. The molecule has 0 saturated heterocycles. The molecule has 4 aromatic carbocycles. The summed E-state index contributed by atoms with van der Waals surface area (Å²) < 4.78 is 2.16. The van der Waals surface area contributed by atoms with Crippen LogP contribution in [-0.2, 0) is 0 Å². The molecule has 3 heteroatoms. The van der Waals surface area contributed by atoms with Crippen molar-refractivity contribution in [2.45, 2.75) is 0 Å². The van der Waals surface area contributed by atoms with Gasteiger partial charge in [0, 0.05) is 18.0 Å². The van der Waals surface area contributed by atoms with Crippen LogP contribution in [0.25, 0.3) is 39.4 Å². The maximum Gasteiger partial charge on any atom is 0.145 e. The lowest BCUT2D eigenvalue weighted by Gasteiger charge is -2.18. The van der Waals surface area contributed by atoms with E-state index in [0.29, 0.717) is 0 Å². The maximum absolute atomic E-state index is 5.15. The summed E-state index contributed by atoms with van der Waals surface area (Å²) in [5.41, 5.74) is 10.8. The molecule has 3 nitrogen and oxygen atoms in total. The normalized spacial score (nSPS) is 10.9. The van der Waals surface area contributed by atoms with Crippen LogP contribution >= 0.6 is 0 Å². The van der Waals surface area contributed by atoms with Crippen LogP contribution in [0.2, 0.25) is 0 Å². The van der Waals surface area contributed by atoms with Crippen molar-refractivity contribution in [1.29, 1.82) is 0 Å². The second kappa shape index (κ2) is 10.9. The van der Waals surface area contributed by atoms with E-state index in [2.05, 4.69) is 137 Å². The minimum Gasteiger partial charge on any atom is -0.299 e. The molecular weight excluding hydrogens is 498 g/mol. The molecule has 0 bridgehead atoms. The molecule has 7 rings (SSSR count). The van der Waals surface area contributed by atoms with Gasteiger partial charge in [0.05, 0.1) is 11.2 Å². The SMILES string of the molecule is c1ccc(C(=C(c2ccccc2)c2cccc(-c3nc(-c4ccccn4)c4ccccn34)c2)c2ccccc2)cc1. The van der Waals surface area contributed by atoms with Gasteiger partial charge in [0.2, 0.25) is 0 Å². The average molecular weight is 526 g/mol. The van der Waals surface area contributed by atoms with E-state index in [1.54, 1.807) is 0 Å². The molecule has 0 amide bonds. The number of hydrogen-bond donors (Lipinski definition) is 0. The van der Waals surface area contributed by atoms with Gasteiger partial charge >= 0.3 is 0 Å². The fourth-order valence-corrected chi connectivity index (χ4v) is 5.47. The third kappa shape index (κ3) is 4.75. The van der Waals surface area contributed by atoms with Gasteiger partial charge in [0.1, 0.15) is 11.5 Å². The fraction of sp³-hybridized carbons (Fsp3) is 0. The third-order valence-corrected chi connectivity index (χ3v) is 7.30. The Labute approximate surface area is 239 Å². The number of pyridine rings is 2. The molecule has 0 aliphatic rings. The minimum atomic E-state index is 0.860. The molecule has 0 unspecified atom stereocenters. The minimum absolute atomic E-state index is 0.860. The smallest absolute Gasteiger partial charge is 0.145 e. The van der Waals surface area contributed by atoms with Crippen LogP contribution < -0.4 is 0 Å². The first-order valence-electron chi connectivity index (χ1n) is 13.8. The summed E-state index contributed by atoms with van der Waals surface area (Å²) in [5.74, 6) is 0.886. The lowest BCUT2D eigenvalue weighted by atomic mass is 9.85. The summed E-state index contributed by atoms with van der Waals surface area (Å²) in [6.45, 7) is 0. The number of rotatable bonds is 6. The van der Waals surface area contributed by atoms with Crippen LogP contribution in [0.15, 0.2) is 164 Å². The highest BCUT2D eigenvalue weighted by atomic mass is 15.0. The second-order valence-electron chi connectivity index (χ2n) is 9.88. The molecule has 0 atom stereocenters. The molecule has 3 heterocycles. The van der Waals surface area contributed by atoms with E-state index in [-0.39, 0.29) is 0 Å². The average Bonchev–Trinajstić information content (AvgIpc) is 3.45. The van der Waals surface area contributed by atoms with Crippen LogP contribution in [0.3, 0.4) is 0 Å². The quantitative estimate of drug-likeness (QED) is 0.203. The summed E-state index contributed by atoms with van der Waals surface area (Å²) in [6, 6.07) is 52.8. The standard InChI is InChI=1S/C38H27N3/c1-4-15-28(16-5-1)35(29-17-6-2-7-18-29)36(30-19-8-3-9-20-30)31-21-14-22-32(27-31)38-40-37(33-23-10-12-25-39-33)34-24-11-13-26-41(34)38/h1-27H. The van der Waals surface area contributed by atoms with Crippen molar-refractivity contribution < 1.29 is 0 Å². The number of imidazole rings is 1. The van der Waals surface area contributed by atoms with E-state index in [9.17, 15) is 0 Å². The predicted octanol–water partition coefficient (Wildman–Crippen LogP) is 9.07. The Kier molecular flexibility index (Phi) is 6.52. The molecule has 0 radical (unpaired) electrons. The highest BCUT2D eigenvalue weighted by molar-refractivity contribution is 6.05. The van der Waals surface area contributed by atoms with Gasteiger partial charge < -0.3 is 0 Å². The van der Waals surface area contributed by atoms with Crippen molar-refractivity contribution in [3.05, 3.63) is 186 Å². The van der Waals surface area contributed by atoms with Gasteiger partial charge in [0.25, 0.3) is 0 Å². The number of benzene rings is 4. The van der Waals surface area contributed by atoms with Crippen LogP contribution in [0.5, 0.6) is 0 Å². The Hall–Kier alpha value is -5.54. The fourth-order valence-electron chi connectivity index (χ4n) is 5.47. The Bertz CT molecular complexity index is 1920. The molecule has 0 aliphatic carbocycles. The van der Waals surface area contributed by atoms with Crippen LogP contribution in [0, 0.1) is 0 Å². The molecule has 0 fully saturated rings. The summed E-state index contributed by atoms with van der Waals surface area (Å²) in [6.07, 6.45) is 3.89. The highest BCUT2D eigenvalue weighted by Gasteiger charge is 2.19. The largest absolute Gasteiger partial charge is 0.299 e. The summed E-state index contributed by atoms with van der Waals surface area (Å²) in [5, 5.41) is 0.